The first-order chi connectivity index (χ1) is 9.17. The minimum atomic E-state index is 0.0443. The molecule has 0 radical (unpaired) electrons. The van der Waals surface area contributed by atoms with Gasteiger partial charge in [-0.3, -0.25) is 4.79 Å². The van der Waals surface area contributed by atoms with Gasteiger partial charge in [-0.05, 0) is 31.6 Å². The van der Waals surface area contributed by atoms with Gasteiger partial charge >= 0.3 is 0 Å². The van der Waals surface area contributed by atoms with Gasteiger partial charge in [0.1, 0.15) is 5.76 Å². The van der Waals surface area contributed by atoms with Crippen molar-refractivity contribution in [1.29, 1.82) is 0 Å². The van der Waals surface area contributed by atoms with E-state index in [1.54, 1.807) is 0 Å². The third kappa shape index (κ3) is 2.99. The molecule has 4 heteroatoms. The normalized spacial score (nSPS) is 18.2. The predicted octanol–water partition coefficient (Wildman–Crippen LogP) is 3.06. The summed E-state index contributed by atoms with van der Waals surface area (Å²) < 4.78 is 5.37. The molecule has 0 spiro atoms. The number of fused-ring (bicyclic) bond motifs is 1. The van der Waals surface area contributed by atoms with Gasteiger partial charge in [-0.2, -0.15) is 0 Å². The van der Waals surface area contributed by atoms with Gasteiger partial charge in [0.25, 0.3) is 5.91 Å². The van der Waals surface area contributed by atoms with Crippen LogP contribution in [-0.4, -0.2) is 29.1 Å². The van der Waals surface area contributed by atoms with Crippen LogP contribution in [0.3, 0.4) is 0 Å². The molecule has 1 aromatic rings. The molecule has 0 aromatic carbocycles. The summed E-state index contributed by atoms with van der Waals surface area (Å²) >= 11 is 0. The van der Waals surface area contributed by atoms with Crippen LogP contribution in [-0.2, 0) is 12.8 Å². The Bertz CT molecular complexity index is 433. The molecule has 0 N–H and O–H groups in total. The molecule has 1 aromatic heterocycles. The lowest BCUT2D eigenvalue weighted by Crippen LogP contribution is -2.33. The number of aryl methyl sites for hydroxylation is 1. The molecule has 0 saturated carbocycles. The van der Waals surface area contributed by atoms with Gasteiger partial charge < -0.3 is 9.42 Å². The first-order valence-electron chi connectivity index (χ1n) is 7.44. The van der Waals surface area contributed by atoms with Gasteiger partial charge in [0, 0.05) is 25.1 Å². The zero-order valence-corrected chi connectivity index (χ0v) is 12.2. The molecule has 106 valence electrons. The number of amides is 1. The Morgan fingerprint density at radius 1 is 1.37 bits per heavy atom. The van der Waals surface area contributed by atoms with Gasteiger partial charge in [0.05, 0.1) is 0 Å². The third-order valence-electron chi connectivity index (χ3n) is 3.76. The molecule has 1 atom stereocenters. The zero-order chi connectivity index (χ0) is 13.8. The van der Waals surface area contributed by atoms with Crippen molar-refractivity contribution in [3.05, 3.63) is 17.0 Å². The maximum atomic E-state index is 12.6. The number of nitrogens with zero attached hydrogens (tertiary/aromatic N) is 2. The number of hydrogen-bond acceptors (Lipinski definition) is 3. The minimum Gasteiger partial charge on any atom is -0.360 e. The summed E-state index contributed by atoms with van der Waals surface area (Å²) in [5, 5.41) is 4.05. The van der Waals surface area contributed by atoms with Gasteiger partial charge in [0.2, 0.25) is 0 Å². The van der Waals surface area contributed by atoms with Crippen molar-refractivity contribution < 1.29 is 9.32 Å². The van der Waals surface area contributed by atoms with Crippen molar-refractivity contribution in [3.63, 3.8) is 0 Å². The minimum absolute atomic E-state index is 0.0443. The van der Waals surface area contributed by atoms with Gasteiger partial charge in [-0.1, -0.05) is 25.9 Å². The van der Waals surface area contributed by atoms with E-state index in [0.717, 1.165) is 56.5 Å². The zero-order valence-electron chi connectivity index (χ0n) is 12.2. The summed E-state index contributed by atoms with van der Waals surface area (Å²) in [6.45, 7) is 8.00. The number of rotatable bonds is 5. The fourth-order valence-corrected chi connectivity index (χ4v) is 2.75. The lowest BCUT2D eigenvalue weighted by atomic mass is 9.88. The summed E-state index contributed by atoms with van der Waals surface area (Å²) in [7, 11) is 0. The number of aromatic nitrogens is 1. The van der Waals surface area contributed by atoms with Crippen LogP contribution in [0.15, 0.2) is 4.52 Å². The topological polar surface area (TPSA) is 46.3 Å². The molecule has 0 saturated heterocycles. The fraction of sp³-hybridized carbons (Fsp3) is 0.733. The maximum Gasteiger partial charge on any atom is 0.276 e. The lowest BCUT2D eigenvalue weighted by molar-refractivity contribution is 0.0744. The molecule has 19 heavy (non-hydrogen) atoms. The Morgan fingerprint density at radius 2 is 2.05 bits per heavy atom. The van der Waals surface area contributed by atoms with E-state index in [0.29, 0.717) is 11.6 Å². The molecular formula is C15H24N2O2. The summed E-state index contributed by atoms with van der Waals surface area (Å²) in [6.07, 6.45) is 4.91. The molecule has 1 aliphatic carbocycles. The first-order valence-corrected chi connectivity index (χ1v) is 7.44. The highest BCUT2D eigenvalue weighted by atomic mass is 16.5. The van der Waals surface area contributed by atoms with Crippen LogP contribution in [0, 0.1) is 5.92 Å². The fourth-order valence-electron chi connectivity index (χ4n) is 2.75. The summed E-state index contributed by atoms with van der Waals surface area (Å²) in [6, 6.07) is 0. The Kier molecular flexibility index (Phi) is 4.61. The third-order valence-corrected chi connectivity index (χ3v) is 3.76. The van der Waals surface area contributed by atoms with Crippen molar-refractivity contribution in [2.24, 2.45) is 5.92 Å². The monoisotopic (exact) mass is 264 g/mol. The number of hydrogen-bond donors (Lipinski definition) is 0. The molecule has 1 heterocycles. The SMILES string of the molecule is CCCN(CCC)C(=O)c1noc2c1C[C@H](C)CC2. The van der Waals surface area contributed by atoms with Crippen LogP contribution >= 0.6 is 0 Å². The Balaban J connectivity index is 2.21. The Morgan fingerprint density at radius 3 is 2.68 bits per heavy atom. The first kappa shape index (κ1) is 14.1. The smallest absolute Gasteiger partial charge is 0.276 e. The molecule has 1 amide bonds. The van der Waals surface area contributed by atoms with E-state index < -0.39 is 0 Å². The van der Waals surface area contributed by atoms with E-state index in [4.69, 9.17) is 4.52 Å². The molecule has 2 rings (SSSR count). The predicted molar refractivity (Wildman–Crippen MR) is 74.2 cm³/mol. The summed E-state index contributed by atoms with van der Waals surface area (Å²) in [5.41, 5.74) is 1.62. The quantitative estimate of drug-likeness (QED) is 0.821. The van der Waals surface area contributed by atoms with E-state index in [1.807, 2.05) is 4.90 Å². The van der Waals surface area contributed by atoms with Crippen LogP contribution in [0.5, 0.6) is 0 Å². The van der Waals surface area contributed by atoms with E-state index in [2.05, 4.69) is 25.9 Å². The Hall–Kier alpha value is -1.32. The van der Waals surface area contributed by atoms with Gasteiger partial charge in [-0.15, -0.1) is 0 Å². The lowest BCUT2D eigenvalue weighted by Gasteiger charge is -2.22. The molecule has 0 unspecified atom stereocenters. The molecular weight excluding hydrogens is 240 g/mol. The van der Waals surface area contributed by atoms with Crippen LogP contribution in [0.4, 0.5) is 0 Å². The highest BCUT2D eigenvalue weighted by Gasteiger charge is 2.28. The molecule has 0 bridgehead atoms. The molecule has 0 fully saturated rings. The van der Waals surface area contributed by atoms with Crippen LogP contribution in [0.25, 0.3) is 0 Å². The molecule has 4 nitrogen and oxygen atoms in total. The maximum absolute atomic E-state index is 12.6. The Labute approximate surface area is 115 Å². The summed E-state index contributed by atoms with van der Waals surface area (Å²) in [4.78, 5) is 14.5. The largest absolute Gasteiger partial charge is 0.360 e. The second-order valence-electron chi connectivity index (χ2n) is 5.57. The van der Waals surface area contributed by atoms with E-state index in [-0.39, 0.29) is 5.91 Å². The van der Waals surface area contributed by atoms with Crippen LogP contribution < -0.4 is 0 Å². The van der Waals surface area contributed by atoms with E-state index in [1.165, 1.54) is 0 Å². The van der Waals surface area contributed by atoms with Crippen molar-refractivity contribution in [3.8, 4) is 0 Å². The van der Waals surface area contributed by atoms with E-state index >= 15 is 0 Å². The second-order valence-corrected chi connectivity index (χ2v) is 5.57. The standard InChI is InChI=1S/C15H24N2O2/c1-4-8-17(9-5-2)15(18)14-12-10-11(3)6-7-13(12)19-16-14/h11H,4-10H2,1-3H3/t11-/m1/s1. The highest BCUT2D eigenvalue weighted by Crippen LogP contribution is 2.28. The molecule has 1 aliphatic rings. The van der Waals surface area contributed by atoms with E-state index in [9.17, 15) is 4.79 Å². The average Bonchev–Trinajstić information content (AvgIpc) is 2.80. The van der Waals surface area contributed by atoms with Crippen LogP contribution in [0.2, 0.25) is 0 Å². The average molecular weight is 264 g/mol. The second kappa shape index (κ2) is 6.22. The van der Waals surface area contributed by atoms with Crippen LogP contribution in [0.1, 0.15) is 61.8 Å². The number of carbonyl (C=O) groups is 1. The highest BCUT2D eigenvalue weighted by molar-refractivity contribution is 5.93. The summed E-state index contributed by atoms with van der Waals surface area (Å²) in [5.74, 6) is 1.58. The van der Waals surface area contributed by atoms with Gasteiger partial charge in [-0.25, -0.2) is 0 Å². The number of carbonyl (C=O) groups excluding carboxylic acids is 1. The van der Waals surface area contributed by atoms with Crippen molar-refractivity contribution in [2.75, 3.05) is 13.1 Å². The molecule has 0 aliphatic heterocycles. The van der Waals surface area contributed by atoms with Crippen molar-refractivity contribution in [2.45, 2.75) is 52.9 Å². The van der Waals surface area contributed by atoms with Crippen molar-refractivity contribution >= 4 is 5.91 Å². The van der Waals surface area contributed by atoms with Crippen molar-refractivity contribution in [1.82, 2.24) is 10.1 Å². The van der Waals surface area contributed by atoms with Gasteiger partial charge in [0.15, 0.2) is 5.69 Å².